The van der Waals surface area contributed by atoms with E-state index in [0.717, 1.165) is 18.9 Å². The van der Waals surface area contributed by atoms with Crippen LogP contribution in [0.25, 0.3) is 5.69 Å². The van der Waals surface area contributed by atoms with E-state index >= 15 is 0 Å². The fourth-order valence-electron chi connectivity index (χ4n) is 3.50. The summed E-state index contributed by atoms with van der Waals surface area (Å²) in [5, 5.41) is 20.7. The van der Waals surface area contributed by atoms with Gasteiger partial charge in [-0.05, 0) is 55.5 Å². The van der Waals surface area contributed by atoms with Gasteiger partial charge in [0.05, 0.1) is 11.4 Å². The van der Waals surface area contributed by atoms with E-state index in [-0.39, 0.29) is 11.6 Å². The molecule has 0 aliphatic rings. The summed E-state index contributed by atoms with van der Waals surface area (Å²) < 4.78 is 14.7. The van der Waals surface area contributed by atoms with Gasteiger partial charge in [-0.1, -0.05) is 36.8 Å². The van der Waals surface area contributed by atoms with Crippen LogP contribution >= 0.6 is 0 Å². The molecule has 0 saturated heterocycles. The van der Waals surface area contributed by atoms with E-state index in [0.29, 0.717) is 35.8 Å². The van der Waals surface area contributed by atoms with Crippen molar-refractivity contribution < 1.29 is 4.39 Å². The van der Waals surface area contributed by atoms with E-state index in [1.165, 1.54) is 27.9 Å². The molecule has 0 amide bonds. The highest BCUT2D eigenvalue weighted by Crippen LogP contribution is 2.21. The van der Waals surface area contributed by atoms with Crippen LogP contribution in [0, 0.1) is 24.1 Å². The molecule has 0 aliphatic heterocycles. The van der Waals surface area contributed by atoms with Crippen molar-refractivity contribution in [3.05, 3.63) is 76.7 Å². The molecular formula is C25H30FN7. The lowest BCUT2D eigenvalue weighted by molar-refractivity contribution is 0.627. The van der Waals surface area contributed by atoms with Gasteiger partial charge in [0.2, 0.25) is 0 Å². The molecule has 3 rings (SSSR count). The van der Waals surface area contributed by atoms with E-state index in [1.54, 1.807) is 19.2 Å². The van der Waals surface area contributed by atoms with Crippen LogP contribution in [0.1, 0.15) is 41.6 Å². The standard InChI is InChI=1S/C25H30FN7/c1-17-6-8-19(9-7-17)18(2)16-31-25(29-3)30-14-4-5-23-22(15-27)24(28)33(32-23)21-12-10-20(26)11-13-21/h6-13,18H,4-5,14,16,28H2,1-3H3,(H2,29,30,31). The topological polar surface area (TPSA) is 104 Å². The molecule has 1 aromatic heterocycles. The Morgan fingerprint density at radius 3 is 2.52 bits per heavy atom. The second-order valence-electron chi connectivity index (χ2n) is 8.00. The summed E-state index contributed by atoms with van der Waals surface area (Å²) in [6.45, 7) is 5.68. The van der Waals surface area contributed by atoms with Crippen LogP contribution in [-0.4, -0.2) is 35.9 Å². The van der Waals surface area contributed by atoms with Crippen LogP contribution in [0.5, 0.6) is 0 Å². The van der Waals surface area contributed by atoms with Crippen LogP contribution in [-0.2, 0) is 6.42 Å². The van der Waals surface area contributed by atoms with E-state index in [4.69, 9.17) is 5.73 Å². The van der Waals surface area contributed by atoms with Gasteiger partial charge in [0.1, 0.15) is 23.3 Å². The predicted octanol–water partition coefficient (Wildman–Crippen LogP) is 3.68. The molecule has 172 valence electrons. The predicted molar refractivity (Wildman–Crippen MR) is 130 cm³/mol. The lowest BCUT2D eigenvalue weighted by Crippen LogP contribution is -2.39. The molecule has 3 aromatic rings. The van der Waals surface area contributed by atoms with Gasteiger partial charge in [0, 0.05) is 20.1 Å². The lowest BCUT2D eigenvalue weighted by atomic mass is 10.0. The van der Waals surface area contributed by atoms with Gasteiger partial charge < -0.3 is 16.4 Å². The number of aromatic nitrogens is 2. The molecule has 0 radical (unpaired) electrons. The highest BCUT2D eigenvalue weighted by molar-refractivity contribution is 5.79. The monoisotopic (exact) mass is 447 g/mol. The number of hydrogen-bond donors (Lipinski definition) is 3. The van der Waals surface area contributed by atoms with Crippen LogP contribution in [0.4, 0.5) is 10.2 Å². The largest absolute Gasteiger partial charge is 0.382 e. The summed E-state index contributed by atoms with van der Waals surface area (Å²) in [7, 11) is 1.74. The number of nitriles is 1. The van der Waals surface area contributed by atoms with Gasteiger partial charge in [-0.2, -0.15) is 10.4 Å². The fourth-order valence-corrected chi connectivity index (χ4v) is 3.50. The molecule has 1 unspecified atom stereocenters. The summed E-state index contributed by atoms with van der Waals surface area (Å²) in [5.74, 6) is 0.993. The van der Waals surface area contributed by atoms with Crippen molar-refractivity contribution in [1.82, 2.24) is 20.4 Å². The average molecular weight is 448 g/mol. The first-order valence-corrected chi connectivity index (χ1v) is 11.0. The minimum absolute atomic E-state index is 0.259. The second-order valence-corrected chi connectivity index (χ2v) is 8.00. The average Bonchev–Trinajstić information content (AvgIpc) is 3.14. The van der Waals surface area contributed by atoms with Crippen molar-refractivity contribution in [2.75, 3.05) is 25.9 Å². The third-order valence-electron chi connectivity index (χ3n) is 5.51. The minimum atomic E-state index is -0.341. The maximum absolute atomic E-state index is 13.2. The molecule has 0 saturated carbocycles. The van der Waals surface area contributed by atoms with Gasteiger partial charge >= 0.3 is 0 Å². The number of hydrogen-bond acceptors (Lipinski definition) is 4. The van der Waals surface area contributed by atoms with E-state index < -0.39 is 0 Å². The van der Waals surface area contributed by atoms with Crippen LogP contribution in [0.3, 0.4) is 0 Å². The molecule has 33 heavy (non-hydrogen) atoms. The number of aliphatic imine (C=N–C) groups is 1. The first-order chi connectivity index (χ1) is 15.9. The SMILES string of the molecule is CN=C(NCCCc1nn(-c2ccc(F)cc2)c(N)c1C#N)NCC(C)c1ccc(C)cc1. The Kier molecular flexibility index (Phi) is 8.03. The zero-order valence-corrected chi connectivity index (χ0v) is 19.3. The van der Waals surface area contributed by atoms with Crippen LogP contribution in [0.15, 0.2) is 53.5 Å². The Morgan fingerprint density at radius 1 is 1.18 bits per heavy atom. The molecule has 4 N–H and O–H groups in total. The van der Waals surface area contributed by atoms with Gasteiger partial charge in [-0.3, -0.25) is 4.99 Å². The van der Waals surface area contributed by atoms with Crippen molar-refractivity contribution in [3.63, 3.8) is 0 Å². The molecule has 1 heterocycles. The Bertz CT molecular complexity index is 1130. The summed E-state index contributed by atoms with van der Waals surface area (Å²) in [6, 6.07) is 16.5. The highest BCUT2D eigenvalue weighted by atomic mass is 19.1. The second kappa shape index (κ2) is 11.1. The maximum Gasteiger partial charge on any atom is 0.190 e. The number of benzene rings is 2. The molecule has 1 atom stereocenters. The van der Waals surface area contributed by atoms with E-state index in [2.05, 4.69) is 64.9 Å². The first-order valence-electron chi connectivity index (χ1n) is 11.0. The van der Waals surface area contributed by atoms with Crippen LogP contribution in [0.2, 0.25) is 0 Å². The number of rotatable bonds is 8. The zero-order valence-electron chi connectivity index (χ0n) is 19.3. The van der Waals surface area contributed by atoms with Gasteiger partial charge in [-0.15, -0.1) is 0 Å². The van der Waals surface area contributed by atoms with Crippen molar-refractivity contribution in [2.24, 2.45) is 4.99 Å². The Hall–Kier alpha value is -3.86. The fraction of sp³-hybridized carbons (Fsp3) is 0.320. The molecule has 8 heteroatoms. The lowest BCUT2D eigenvalue weighted by Gasteiger charge is -2.16. The number of nitrogen functional groups attached to an aromatic ring is 1. The molecular weight excluding hydrogens is 417 g/mol. The number of nitrogens with one attached hydrogen (secondary N) is 2. The van der Waals surface area contributed by atoms with Crippen molar-refractivity contribution in [1.29, 1.82) is 5.26 Å². The first kappa shape index (κ1) is 23.8. The number of anilines is 1. The third-order valence-corrected chi connectivity index (χ3v) is 5.51. The van der Waals surface area contributed by atoms with Gasteiger partial charge in [0.25, 0.3) is 0 Å². The summed E-state index contributed by atoms with van der Waals surface area (Å²) >= 11 is 0. The number of nitrogens with two attached hydrogens (primary N) is 1. The van der Waals surface area contributed by atoms with E-state index in [9.17, 15) is 9.65 Å². The highest BCUT2D eigenvalue weighted by Gasteiger charge is 2.16. The quantitative estimate of drug-likeness (QED) is 0.278. The molecule has 0 fully saturated rings. The number of guanidine groups is 1. The summed E-state index contributed by atoms with van der Waals surface area (Å²) in [6.07, 6.45) is 1.31. The normalized spacial score (nSPS) is 12.3. The minimum Gasteiger partial charge on any atom is -0.382 e. The summed E-state index contributed by atoms with van der Waals surface area (Å²) in [4.78, 5) is 4.28. The van der Waals surface area contributed by atoms with Gasteiger partial charge in [-0.25, -0.2) is 9.07 Å². The maximum atomic E-state index is 13.2. The van der Waals surface area contributed by atoms with Crippen molar-refractivity contribution >= 4 is 11.8 Å². The molecule has 2 aromatic carbocycles. The molecule has 7 nitrogen and oxygen atoms in total. The number of aryl methyl sites for hydroxylation is 2. The Morgan fingerprint density at radius 2 is 1.88 bits per heavy atom. The molecule has 0 aliphatic carbocycles. The number of halogens is 1. The molecule has 0 bridgehead atoms. The molecule has 0 spiro atoms. The zero-order chi connectivity index (χ0) is 23.8. The smallest absolute Gasteiger partial charge is 0.190 e. The van der Waals surface area contributed by atoms with Gasteiger partial charge in [0.15, 0.2) is 5.96 Å². The van der Waals surface area contributed by atoms with Crippen LogP contribution < -0.4 is 16.4 Å². The Balaban J connectivity index is 1.52. The van der Waals surface area contributed by atoms with Crippen molar-refractivity contribution in [3.8, 4) is 11.8 Å². The van der Waals surface area contributed by atoms with E-state index in [1.807, 2.05) is 0 Å². The number of nitrogens with zero attached hydrogens (tertiary/aromatic N) is 4. The summed E-state index contributed by atoms with van der Waals surface area (Å²) in [5.41, 5.74) is 10.2. The Labute approximate surface area is 194 Å². The third kappa shape index (κ3) is 6.10. The van der Waals surface area contributed by atoms with Crippen molar-refractivity contribution in [2.45, 2.75) is 32.6 Å².